The van der Waals surface area contributed by atoms with E-state index in [1.807, 2.05) is 35.5 Å². The lowest BCUT2D eigenvalue weighted by Gasteiger charge is -2.29. The van der Waals surface area contributed by atoms with Crippen molar-refractivity contribution in [3.8, 4) is 0 Å². The van der Waals surface area contributed by atoms with Crippen LogP contribution in [0.5, 0.6) is 0 Å². The Bertz CT molecular complexity index is 977. The van der Waals surface area contributed by atoms with Gasteiger partial charge in [0.2, 0.25) is 5.91 Å². The molecule has 5 rings (SSSR count). The lowest BCUT2D eigenvalue weighted by atomic mass is 10.0. The number of amides is 1. The molecule has 0 atom stereocenters. The van der Waals surface area contributed by atoms with E-state index in [9.17, 15) is 4.79 Å². The van der Waals surface area contributed by atoms with Crippen molar-refractivity contribution in [3.63, 3.8) is 0 Å². The minimum atomic E-state index is 0.256. The van der Waals surface area contributed by atoms with Crippen LogP contribution in [0.15, 0.2) is 36.9 Å². The van der Waals surface area contributed by atoms with Crippen LogP contribution in [-0.4, -0.2) is 36.7 Å². The molecule has 1 aliphatic carbocycles. The van der Waals surface area contributed by atoms with Crippen molar-refractivity contribution in [2.45, 2.75) is 32.4 Å². The average molecular weight is 348 g/mol. The second-order valence-electron chi connectivity index (χ2n) is 6.96. The third-order valence-electron chi connectivity index (χ3n) is 5.18. The molecule has 0 aromatic carbocycles. The van der Waals surface area contributed by atoms with Gasteiger partial charge in [-0.15, -0.1) is 0 Å². The molecule has 7 heteroatoms. The second-order valence-corrected chi connectivity index (χ2v) is 6.96. The van der Waals surface area contributed by atoms with Crippen LogP contribution in [-0.2, 0) is 24.3 Å². The minimum absolute atomic E-state index is 0.256. The summed E-state index contributed by atoms with van der Waals surface area (Å²) in [4.78, 5) is 27.5. The zero-order valence-electron chi connectivity index (χ0n) is 14.4. The Hall–Kier alpha value is -2.96. The van der Waals surface area contributed by atoms with Crippen molar-refractivity contribution >= 4 is 17.4 Å². The van der Waals surface area contributed by atoms with Crippen LogP contribution >= 0.6 is 0 Å². The van der Waals surface area contributed by atoms with Crippen LogP contribution in [0.1, 0.15) is 29.8 Å². The molecular weight excluding hydrogens is 328 g/mol. The molecule has 0 bridgehead atoms. The summed E-state index contributed by atoms with van der Waals surface area (Å²) in [6, 6.07) is 5.97. The number of carbonyl (C=O) groups is 1. The summed E-state index contributed by atoms with van der Waals surface area (Å²) >= 11 is 0. The normalized spacial score (nSPS) is 16.5. The molecule has 26 heavy (non-hydrogen) atoms. The Kier molecular flexibility index (Phi) is 3.58. The van der Waals surface area contributed by atoms with Gasteiger partial charge < -0.3 is 14.6 Å². The average Bonchev–Trinajstić information content (AvgIpc) is 3.46. The highest BCUT2D eigenvalue weighted by atomic mass is 16.2. The predicted molar refractivity (Wildman–Crippen MR) is 96.4 cm³/mol. The maximum atomic E-state index is 12.3. The fourth-order valence-electron chi connectivity index (χ4n) is 3.57. The van der Waals surface area contributed by atoms with Gasteiger partial charge in [0.05, 0.1) is 30.7 Å². The summed E-state index contributed by atoms with van der Waals surface area (Å²) in [5, 5.41) is 3.43. The van der Waals surface area contributed by atoms with Gasteiger partial charge in [0.15, 0.2) is 0 Å². The maximum Gasteiger partial charge on any atom is 0.226 e. The summed E-state index contributed by atoms with van der Waals surface area (Å²) in [5.74, 6) is 1.40. The van der Waals surface area contributed by atoms with Gasteiger partial charge in [-0.3, -0.25) is 4.79 Å². The molecular formula is C19H20N6O. The van der Waals surface area contributed by atoms with E-state index in [2.05, 4.69) is 24.7 Å². The van der Waals surface area contributed by atoms with E-state index in [0.717, 1.165) is 54.2 Å². The first-order valence-corrected chi connectivity index (χ1v) is 9.06. The van der Waals surface area contributed by atoms with Gasteiger partial charge in [0.1, 0.15) is 17.8 Å². The summed E-state index contributed by atoms with van der Waals surface area (Å²) in [5.41, 5.74) is 4.10. The van der Waals surface area contributed by atoms with Crippen LogP contribution in [0.2, 0.25) is 0 Å². The zero-order chi connectivity index (χ0) is 17.5. The Labute approximate surface area is 151 Å². The molecule has 0 radical (unpaired) electrons. The molecule has 0 saturated heterocycles. The minimum Gasteiger partial charge on any atom is -0.364 e. The molecule has 1 fully saturated rings. The van der Waals surface area contributed by atoms with Crippen molar-refractivity contribution in [2.75, 3.05) is 11.9 Å². The smallest absolute Gasteiger partial charge is 0.226 e. The van der Waals surface area contributed by atoms with Gasteiger partial charge >= 0.3 is 0 Å². The molecule has 1 saturated carbocycles. The lowest BCUT2D eigenvalue weighted by molar-refractivity contribution is -0.133. The third kappa shape index (κ3) is 2.69. The van der Waals surface area contributed by atoms with Crippen molar-refractivity contribution < 1.29 is 4.79 Å². The first kappa shape index (κ1) is 15.3. The van der Waals surface area contributed by atoms with Gasteiger partial charge in [-0.25, -0.2) is 15.0 Å². The summed E-state index contributed by atoms with van der Waals surface area (Å²) in [6.45, 7) is 1.98. The third-order valence-corrected chi connectivity index (χ3v) is 5.18. The highest BCUT2D eigenvalue weighted by Gasteiger charge is 2.35. The number of imidazole rings is 1. The number of nitrogens with zero attached hydrogens (tertiary/aromatic N) is 5. The molecule has 0 unspecified atom stereocenters. The van der Waals surface area contributed by atoms with Gasteiger partial charge in [-0.1, -0.05) is 6.07 Å². The number of fused-ring (bicyclic) bond motifs is 2. The number of anilines is 1. The Morgan fingerprint density at radius 1 is 1.23 bits per heavy atom. The Morgan fingerprint density at radius 2 is 2.15 bits per heavy atom. The van der Waals surface area contributed by atoms with Crippen molar-refractivity contribution in [3.05, 3.63) is 53.9 Å². The van der Waals surface area contributed by atoms with E-state index in [1.54, 1.807) is 6.33 Å². The molecule has 7 nitrogen and oxygen atoms in total. The van der Waals surface area contributed by atoms with Crippen LogP contribution in [0.25, 0.3) is 5.65 Å². The molecule has 3 aromatic rings. The van der Waals surface area contributed by atoms with Gasteiger partial charge in [0.25, 0.3) is 0 Å². The highest BCUT2D eigenvalue weighted by molar-refractivity contribution is 5.81. The number of carbonyl (C=O) groups excluding carboxylic acids is 1. The van der Waals surface area contributed by atoms with Gasteiger partial charge in [-0.05, 0) is 31.4 Å². The molecule has 0 spiro atoms. The number of hydrogen-bond acceptors (Lipinski definition) is 5. The zero-order valence-corrected chi connectivity index (χ0v) is 14.4. The van der Waals surface area contributed by atoms with Crippen LogP contribution in [0.4, 0.5) is 5.82 Å². The maximum absolute atomic E-state index is 12.3. The second kappa shape index (κ2) is 6.09. The summed E-state index contributed by atoms with van der Waals surface area (Å²) in [7, 11) is 0. The quantitative estimate of drug-likeness (QED) is 0.781. The molecule has 4 heterocycles. The molecule has 132 valence electrons. The molecule has 1 aliphatic heterocycles. The number of rotatable bonds is 4. The predicted octanol–water partition coefficient (Wildman–Crippen LogP) is 2.03. The lowest BCUT2D eigenvalue weighted by Crippen LogP contribution is -2.37. The number of aromatic nitrogens is 4. The van der Waals surface area contributed by atoms with E-state index in [4.69, 9.17) is 0 Å². The molecule has 1 N–H and O–H groups in total. The van der Waals surface area contributed by atoms with E-state index < -0.39 is 0 Å². The largest absolute Gasteiger partial charge is 0.364 e. The van der Waals surface area contributed by atoms with Crippen LogP contribution in [0, 0.1) is 5.92 Å². The Morgan fingerprint density at radius 3 is 3.04 bits per heavy atom. The highest BCUT2D eigenvalue weighted by Crippen LogP contribution is 2.33. The number of nitrogens with one attached hydrogen (secondary N) is 1. The first-order chi connectivity index (χ1) is 12.8. The van der Waals surface area contributed by atoms with E-state index in [-0.39, 0.29) is 11.8 Å². The van der Waals surface area contributed by atoms with Crippen molar-refractivity contribution in [1.29, 1.82) is 0 Å². The fourth-order valence-corrected chi connectivity index (χ4v) is 3.57. The van der Waals surface area contributed by atoms with Crippen LogP contribution in [0.3, 0.4) is 0 Å². The summed E-state index contributed by atoms with van der Waals surface area (Å²) < 4.78 is 2.07. The Balaban J connectivity index is 1.34. The number of pyridine rings is 1. The van der Waals surface area contributed by atoms with Gasteiger partial charge in [-0.2, -0.15) is 0 Å². The summed E-state index contributed by atoms with van der Waals surface area (Å²) in [6.07, 6.45) is 8.35. The topological polar surface area (TPSA) is 75.4 Å². The van der Waals surface area contributed by atoms with E-state index in [1.165, 1.54) is 0 Å². The van der Waals surface area contributed by atoms with Crippen molar-refractivity contribution in [2.24, 2.45) is 5.92 Å². The fraction of sp³-hybridized carbons (Fsp3) is 0.368. The van der Waals surface area contributed by atoms with Gasteiger partial charge in [0, 0.05) is 24.2 Å². The monoisotopic (exact) mass is 348 g/mol. The SMILES string of the molecule is O=C(C1CC1)N1CCc2c(ncnc2NCc2cnc3ccccn23)C1. The molecule has 2 aliphatic rings. The van der Waals surface area contributed by atoms with Crippen LogP contribution < -0.4 is 5.32 Å². The molecule has 3 aromatic heterocycles. The molecule has 1 amide bonds. The van der Waals surface area contributed by atoms with E-state index >= 15 is 0 Å². The van der Waals surface area contributed by atoms with E-state index in [0.29, 0.717) is 13.1 Å². The standard InChI is InChI=1S/C19H20N6O/c26-19(13-4-5-13)24-8-6-15-16(11-24)22-12-23-18(15)21-10-14-9-20-17-3-1-2-7-25(14)17/h1-3,7,9,12-13H,4-6,8,10-11H2,(H,21,22,23). The first-order valence-electron chi connectivity index (χ1n) is 9.06. The van der Waals surface area contributed by atoms with Crippen molar-refractivity contribution in [1.82, 2.24) is 24.3 Å². The number of hydrogen-bond donors (Lipinski definition) is 1.